The van der Waals surface area contributed by atoms with E-state index < -0.39 is 0 Å². The maximum absolute atomic E-state index is 13.5. The molecule has 0 unspecified atom stereocenters. The fourth-order valence-electron chi connectivity index (χ4n) is 2.62. The first-order chi connectivity index (χ1) is 10.8. The third kappa shape index (κ3) is 2.05. The van der Waals surface area contributed by atoms with E-state index in [2.05, 4.69) is 27.7 Å². The first kappa shape index (κ1) is 12.7. The third-order valence-electron chi connectivity index (χ3n) is 3.65. The van der Waals surface area contributed by atoms with E-state index in [4.69, 9.17) is 0 Å². The van der Waals surface area contributed by atoms with Crippen LogP contribution in [-0.2, 0) is 0 Å². The summed E-state index contributed by atoms with van der Waals surface area (Å²) < 4.78 is 13.5. The first-order valence-electron chi connectivity index (χ1n) is 6.97. The van der Waals surface area contributed by atoms with Gasteiger partial charge in [0.15, 0.2) is 5.84 Å². The maximum atomic E-state index is 13.5. The lowest BCUT2D eigenvalue weighted by Gasteiger charge is -2.02. The summed E-state index contributed by atoms with van der Waals surface area (Å²) in [6.07, 6.45) is 1.46. The van der Waals surface area contributed by atoms with E-state index in [1.807, 2.05) is 24.3 Å². The van der Waals surface area contributed by atoms with Crippen LogP contribution in [-0.4, -0.2) is 12.1 Å². The van der Waals surface area contributed by atoms with Crippen molar-refractivity contribution in [1.29, 1.82) is 0 Å². The van der Waals surface area contributed by atoms with Gasteiger partial charge in [-0.3, -0.25) is 5.43 Å². The van der Waals surface area contributed by atoms with Gasteiger partial charge in [0.25, 0.3) is 0 Å². The number of nitrogens with zero attached hydrogens (tertiary/aromatic N) is 2. The molecule has 106 valence electrons. The zero-order valence-corrected chi connectivity index (χ0v) is 11.6. The highest BCUT2D eigenvalue weighted by Crippen LogP contribution is 2.34. The average molecular weight is 289 g/mol. The molecule has 4 rings (SSSR count). The van der Waals surface area contributed by atoms with Crippen LogP contribution in [0, 0.1) is 5.82 Å². The fraction of sp³-hybridized carbons (Fsp3) is 0. The molecule has 3 nitrogen and oxygen atoms in total. The Labute approximate surface area is 126 Å². The van der Waals surface area contributed by atoms with E-state index in [-0.39, 0.29) is 5.82 Å². The van der Waals surface area contributed by atoms with Gasteiger partial charge >= 0.3 is 0 Å². The van der Waals surface area contributed by atoms with Gasteiger partial charge in [-0.05, 0) is 17.5 Å². The van der Waals surface area contributed by atoms with Gasteiger partial charge in [0.05, 0.1) is 11.9 Å². The minimum atomic E-state index is -0.299. The topological polar surface area (TPSA) is 36.8 Å². The monoisotopic (exact) mass is 289 g/mol. The first-order valence-corrected chi connectivity index (χ1v) is 6.97. The quantitative estimate of drug-likeness (QED) is 0.562. The molecule has 0 bridgehead atoms. The number of hydrazone groups is 1. The SMILES string of the molecule is Fc1ccccc1/C=N/NC1=Nc2cccc3cccc1c23. The van der Waals surface area contributed by atoms with Gasteiger partial charge in [0.2, 0.25) is 0 Å². The molecule has 1 aliphatic rings. The Morgan fingerprint density at radius 3 is 2.64 bits per heavy atom. The number of nitrogens with one attached hydrogen (secondary N) is 1. The molecule has 3 aromatic rings. The lowest BCUT2D eigenvalue weighted by atomic mass is 10.0. The van der Waals surface area contributed by atoms with Crippen LogP contribution < -0.4 is 5.43 Å². The largest absolute Gasteiger partial charge is 0.261 e. The summed E-state index contributed by atoms with van der Waals surface area (Å²) in [6, 6.07) is 18.6. The van der Waals surface area contributed by atoms with Crippen LogP contribution in [0.5, 0.6) is 0 Å². The fourth-order valence-corrected chi connectivity index (χ4v) is 2.62. The number of rotatable bonds is 2. The molecule has 4 heteroatoms. The van der Waals surface area contributed by atoms with Crippen LogP contribution in [0.25, 0.3) is 10.8 Å². The van der Waals surface area contributed by atoms with Crippen molar-refractivity contribution < 1.29 is 4.39 Å². The number of hydrogen-bond donors (Lipinski definition) is 1. The van der Waals surface area contributed by atoms with Gasteiger partial charge in [0.1, 0.15) is 5.82 Å². The Morgan fingerprint density at radius 1 is 0.955 bits per heavy atom. The van der Waals surface area contributed by atoms with E-state index in [9.17, 15) is 4.39 Å². The van der Waals surface area contributed by atoms with Crippen molar-refractivity contribution in [3.05, 3.63) is 77.6 Å². The Bertz CT molecular complexity index is 923. The molecule has 0 fully saturated rings. The molecule has 0 spiro atoms. The van der Waals surface area contributed by atoms with Crippen LogP contribution in [0.1, 0.15) is 11.1 Å². The molecule has 0 saturated carbocycles. The molecule has 0 radical (unpaired) electrons. The standard InChI is InChI=1S/C18H12FN3/c19-15-9-2-1-5-13(15)11-20-22-18-14-8-3-6-12-7-4-10-16(21-18)17(12)14/h1-11H,(H,21,22)/b20-11+. The summed E-state index contributed by atoms with van der Waals surface area (Å²) in [5, 5.41) is 6.37. The van der Waals surface area contributed by atoms with Crippen molar-refractivity contribution in [3.63, 3.8) is 0 Å². The molecule has 0 amide bonds. The van der Waals surface area contributed by atoms with Gasteiger partial charge < -0.3 is 0 Å². The molecular weight excluding hydrogens is 277 g/mol. The van der Waals surface area contributed by atoms with Crippen LogP contribution in [0.2, 0.25) is 0 Å². The zero-order chi connectivity index (χ0) is 14.9. The normalized spacial score (nSPS) is 12.9. The molecule has 22 heavy (non-hydrogen) atoms. The lowest BCUT2D eigenvalue weighted by Crippen LogP contribution is -2.17. The smallest absolute Gasteiger partial charge is 0.154 e. The summed E-state index contributed by atoms with van der Waals surface area (Å²) >= 11 is 0. The summed E-state index contributed by atoms with van der Waals surface area (Å²) in [4.78, 5) is 4.55. The second-order valence-electron chi connectivity index (χ2n) is 5.03. The van der Waals surface area contributed by atoms with Crippen LogP contribution >= 0.6 is 0 Å². The number of benzene rings is 3. The Balaban J connectivity index is 1.64. The molecule has 0 atom stereocenters. The highest BCUT2D eigenvalue weighted by molar-refractivity contribution is 6.18. The molecule has 1 aliphatic heterocycles. The second-order valence-corrected chi connectivity index (χ2v) is 5.03. The molecule has 0 aliphatic carbocycles. The van der Waals surface area contributed by atoms with Crippen LogP contribution in [0.4, 0.5) is 10.1 Å². The van der Waals surface area contributed by atoms with E-state index in [0.29, 0.717) is 11.4 Å². The predicted octanol–water partition coefficient (Wildman–Crippen LogP) is 3.99. The zero-order valence-electron chi connectivity index (χ0n) is 11.6. The Morgan fingerprint density at radius 2 is 1.77 bits per heavy atom. The number of halogens is 1. The summed E-state index contributed by atoms with van der Waals surface area (Å²) in [7, 11) is 0. The minimum absolute atomic E-state index is 0.299. The van der Waals surface area contributed by atoms with E-state index >= 15 is 0 Å². The molecular formula is C18H12FN3. The van der Waals surface area contributed by atoms with E-state index in [0.717, 1.165) is 22.0 Å². The van der Waals surface area contributed by atoms with Crippen molar-refractivity contribution in [2.75, 3.05) is 0 Å². The van der Waals surface area contributed by atoms with Crippen molar-refractivity contribution in [3.8, 4) is 0 Å². The van der Waals surface area contributed by atoms with Gasteiger partial charge in [-0.2, -0.15) is 5.10 Å². The average Bonchev–Trinajstić information content (AvgIpc) is 2.90. The third-order valence-corrected chi connectivity index (χ3v) is 3.65. The highest BCUT2D eigenvalue weighted by atomic mass is 19.1. The highest BCUT2D eigenvalue weighted by Gasteiger charge is 2.17. The molecule has 0 saturated heterocycles. The minimum Gasteiger partial charge on any atom is -0.261 e. The number of aliphatic imine (C=N–C) groups is 1. The Kier molecular flexibility index (Phi) is 2.93. The van der Waals surface area contributed by atoms with Gasteiger partial charge in [0, 0.05) is 16.5 Å². The van der Waals surface area contributed by atoms with Crippen molar-refractivity contribution in [1.82, 2.24) is 5.43 Å². The van der Waals surface area contributed by atoms with Crippen molar-refractivity contribution in [2.24, 2.45) is 10.1 Å². The number of hydrogen-bond acceptors (Lipinski definition) is 3. The molecule has 1 heterocycles. The molecule has 3 aromatic carbocycles. The Hall–Kier alpha value is -3.01. The van der Waals surface area contributed by atoms with Gasteiger partial charge in [-0.25, -0.2) is 9.38 Å². The molecule has 0 aromatic heterocycles. The van der Waals surface area contributed by atoms with Gasteiger partial charge in [-0.1, -0.05) is 48.5 Å². The van der Waals surface area contributed by atoms with Crippen LogP contribution in [0.3, 0.4) is 0 Å². The summed E-state index contributed by atoms with van der Waals surface area (Å²) in [6.45, 7) is 0. The maximum Gasteiger partial charge on any atom is 0.154 e. The molecule has 1 N–H and O–H groups in total. The summed E-state index contributed by atoms with van der Waals surface area (Å²) in [5.41, 5.74) is 5.29. The second kappa shape index (κ2) is 5.07. The number of amidine groups is 1. The summed E-state index contributed by atoms with van der Waals surface area (Å²) in [5.74, 6) is 0.381. The van der Waals surface area contributed by atoms with Crippen LogP contribution in [0.15, 0.2) is 70.8 Å². The predicted molar refractivity (Wildman–Crippen MR) is 87.3 cm³/mol. The van der Waals surface area contributed by atoms with Crippen molar-refractivity contribution in [2.45, 2.75) is 0 Å². The lowest BCUT2D eigenvalue weighted by molar-refractivity contribution is 0.626. The van der Waals surface area contributed by atoms with E-state index in [1.54, 1.807) is 18.2 Å². The van der Waals surface area contributed by atoms with E-state index in [1.165, 1.54) is 12.3 Å². The van der Waals surface area contributed by atoms with Gasteiger partial charge in [-0.15, -0.1) is 0 Å². The van der Waals surface area contributed by atoms with Crippen molar-refractivity contribution >= 4 is 28.5 Å².